The molecule has 3 N–H and O–H groups in total. The van der Waals surface area contributed by atoms with Gasteiger partial charge >= 0.3 is 0 Å². The van der Waals surface area contributed by atoms with Gasteiger partial charge in [0.25, 0.3) is 11.1 Å². The minimum Gasteiger partial charge on any atom is -0.348 e. The molecule has 0 aliphatic carbocycles. The van der Waals surface area contributed by atoms with Crippen LogP contribution in [0.25, 0.3) is 12.2 Å². The predicted molar refractivity (Wildman–Crippen MR) is 97.7 cm³/mol. The first-order chi connectivity index (χ1) is 12.6. The van der Waals surface area contributed by atoms with Crippen molar-refractivity contribution in [1.82, 2.24) is 19.9 Å². The summed E-state index contributed by atoms with van der Waals surface area (Å²) in [6, 6.07) is 2.85. The molecular weight excluding hydrogens is 354 g/mol. The van der Waals surface area contributed by atoms with Crippen molar-refractivity contribution < 1.29 is 8.78 Å². The zero-order valence-corrected chi connectivity index (χ0v) is 15.0. The Kier molecular flexibility index (Phi) is 4.65. The van der Waals surface area contributed by atoms with Gasteiger partial charge in [-0.1, -0.05) is 20.8 Å². The number of aromatic amines is 3. The fourth-order valence-corrected chi connectivity index (χ4v) is 2.63. The third kappa shape index (κ3) is 3.94. The molecule has 6 nitrogen and oxygen atoms in total. The Morgan fingerprint density at radius 1 is 1.00 bits per heavy atom. The maximum Gasteiger partial charge on any atom is 0.272 e. The summed E-state index contributed by atoms with van der Waals surface area (Å²) in [5.41, 5.74) is -0.275. The van der Waals surface area contributed by atoms with Crippen molar-refractivity contribution in [2.45, 2.75) is 26.2 Å². The van der Waals surface area contributed by atoms with E-state index in [0.717, 1.165) is 30.0 Å². The van der Waals surface area contributed by atoms with E-state index in [9.17, 15) is 18.4 Å². The average molecular weight is 372 g/mol. The Labute approximate surface area is 152 Å². The zero-order valence-electron chi connectivity index (χ0n) is 15.0. The van der Waals surface area contributed by atoms with Crippen LogP contribution in [0.3, 0.4) is 0 Å². The van der Waals surface area contributed by atoms with Gasteiger partial charge in [0, 0.05) is 16.7 Å². The molecule has 0 bridgehead atoms. The average Bonchev–Trinajstić information content (AvgIpc) is 3.04. The molecule has 1 aromatic carbocycles. The van der Waals surface area contributed by atoms with Crippen LogP contribution in [-0.4, -0.2) is 19.9 Å². The van der Waals surface area contributed by atoms with Crippen molar-refractivity contribution in [1.29, 1.82) is 0 Å². The number of rotatable bonds is 2. The molecule has 3 aromatic rings. The number of H-pyrrole nitrogens is 3. The highest BCUT2D eigenvalue weighted by Gasteiger charge is 2.19. The molecule has 0 amide bonds. The second-order valence-electron chi connectivity index (χ2n) is 7.10. The number of hydrogen-bond donors (Lipinski definition) is 3. The smallest absolute Gasteiger partial charge is 0.272 e. The van der Waals surface area contributed by atoms with Crippen LogP contribution in [0, 0.1) is 11.6 Å². The van der Waals surface area contributed by atoms with Crippen molar-refractivity contribution in [3.05, 3.63) is 84.5 Å². The molecule has 0 saturated carbocycles. The van der Waals surface area contributed by atoms with Crippen molar-refractivity contribution in [2.24, 2.45) is 0 Å². The monoisotopic (exact) mass is 372 g/mol. The van der Waals surface area contributed by atoms with E-state index in [0.29, 0.717) is 5.69 Å². The van der Waals surface area contributed by atoms with Crippen molar-refractivity contribution in [3.63, 3.8) is 0 Å². The standard InChI is InChI=1S/C19H18F2N4O2/c1-19(2,3)16-13(22-9-23-16)8-15-18(27)24-14(17(26)25-15)7-10-6-11(20)4-5-12(10)21/h4-9H,1-3H3,(H,22,23)(H,24,27)(H,25,26). The van der Waals surface area contributed by atoms with E-state index in [1.54, 1.807) is 0 Å². The third-order valence-corrected chi connectivity index (χ3v) is 3.94. The van der Waals surface area contributed by atoms with E-state index < -0.39 is 22.8 Å². The highest BCUT2D eigenvalue weighted by Crippen LogP contribution is 2.22. The third-order valence-electron chi connectivity index (χ3n) is 3.94. The quantitative estimate of drug-likeness (QED) is 0.627. The highest BCUT2D eigenvalue weighted by atomic mass is 19.1. The summed E-state index contributed by atoms with van der Waals surface area (Å²) in [6.45, 7) is 5.95. The molecule has 140 valence electrons. The summed E-state index contributed by atoms with van der Waals surface area (Å²) in [4.78, 5) is 36.7. The minimum absolute atomic E-state index is 0.00876. The summed E-state index contributed by atoms with van der Waals surface area (Å²) in [7, 11) is 0. The lowest BCUT2D eigenvalue weighted by molar-refractivity contribution is 0.571. The van der Waals surface area contributed by atoms with Crippen LogP contribution < -0.4 is 21.8 Å². The van der Waals surface area contributed by atoms with Gasteiger partial charge in [0.2, 0.25) is 0 Å². The van der Waals surface area contributed by atoms with Crippen LogP contribution in [0.5, 0.6) is 0 Å². The first kappa shape index (κ1) is 18.5. The normalized spacial score (nSPS) is 13.4. The van der Waals surface area contributed by atoms with Gasteiger partial charge in [-0.05, 0) is 30.4 Å². The Bertz CT molecular complexity index is 1230. The summed E-state index contributed by atoms with van der Waals surface area (Å²) < 4.78 is 27.0. The van der Waals surface area contributed by atoms with Gasteiger partial charge in [-0.15, -0.1) is 0 Å². The molecule has 3 rings (SSSR count). The van der Waals surface area contributed by atoms with E-state index in [4.69, 9.17) is 0 Å². The van der Waals surface area contributed by atoms with Crippen LogP contribution in [0.15, 0.2) is 34.1 Å². The SMILES string of the molecule is CC(C)(C)c1[nH]cnc1C=c1[nH]c(=O)c(=Cc2cc(F)ccc2F)[nH]c1=O. The van der Waals surface area contributed by atoms with Crippen molar-refractivity contribution in [3.8, 4) is 0 Å². The molecule has 0 radical (unpaired) electrons. The van der Waals surface area contributed by atoms with Crippen molar-refractivity contribution >= 4 is 12.2 Å². The van der Waals surface area contributed by atoms with Crippen LogP contribution in [0.2, 0.25) is 0 Å². The van der Waals surface area contributed by atoms with E-state index in [-0.39, 0.29) is 21.7 Å². The lowest BCUT2D eigenvalue weighted by Crippen LogP contribution is -2.46. The minimum atomic E-state index is -0.710. The van der Waals surface area contributed by atoms with Crippen LogP contribution in [0.1, 0.15) is 37.7 Å². The summed E-state index contributed by atoms with van der Waals surface area (Å²) in [6.07, 6.45) is 4.05. The molecule has 0 unspecified atom stereocenters. The van der Waals surface area contributed by atoms with Gasteiger partial charge in [0.1, 0.15) is 22.3 Å². The second-order valence-corrected chi connectivity index (χ2v) is 7.10. The van der Waals surface area contributed by atoms with E-state index in [1.807, 2.05) is 20.8 Å². The number of nitrogens with one attached hydrogen (secondary N) is 3. The molecule has 27 heavy (non-hydrogen) atoms. The molecule has 0 saturated heterocycles. The Morgan fingerprint density at radius 2 is 1.63 bits per heavy atom. The largest absolute Gasteiger partial charge is 0.348 e. The van der Waals surface area contributed by atoms with Crippen LogP contribution in [0.4, 0.5) is 8.78 Å². The number of hydrogen-bond acceptors (Lipinski definition) is 3. The van der Waals surface area contributed by atoms with Gasteiger partial charge in [-0.25, -0.2) is 13.8 Å². The number of benzene rings is 1. The van der Waals surface area contributed by atoms with Crippen LogP contribution >= 0.6 is 0 Å². The van der Waals surface area contributed by atoms with Gasteiger partial charge in [0.05, 0.1) is 12.0 Å². The molecule has 0 atom stereocenters. The lowest BCUT2D eigenvalue weighted by atomic mass is 9.90. The molecule has 8 heteroatoms. The first-order valence-electron chi connectivity index (χ1n) is 8.20. The molecule has 0 aliphatic rings. The topological polar surface area (TPSA) is 94.4 Å². The first-order valence-corrected chi connectivity index (χ1v) is 8.20. The molecule has 0 spiro atoms. The molecule has 0 aliphatic heterocycles. The number of imidazole rings is 1. The van der Waals surface area contributed by atoms with Gasteiger partial charge in [-0.3, -0.25) is 9.59 Å². The summed E-state index contributed by atoms with van der Waals surface area (Å²) >= 11 is 0. The predicted octanol–water partition coefficient (Wildman–Crippen LogP) is 1.02. The van der Waals surface area contributed by atoms with Gasteiger partial charge in [0.15, 0.2) is 0 Å². The highest BCUT2D eigenvalue weighted by molar-refractivity contribution is 5.50. The van der Waals surface area contributed by atoms with E-state index >= 15 is 0 Å². The molecule has 0 fully saturated rings. The van der Waals surface area contributed by atoms with Gasteiger partial charge in [-0.2, -0.15) is 0 Å². The Balaban J connectivity index is 2.16. The maximum atomic E-state index is 13.8. The fourth-order valence-electron chi connectivity index (χ4n) is 2.63. The number of aromatic nitrogens is 4. The van der Waals surface area contributed by atoms with Crippen LogP contribution in [-0.2, 0) is 5.41 Å². The zero-order chi connectivity index (χ0) is 19.8. The second kappa shape index (κ2) is 6.79. The van der Waals surface area contributed by atoms with Gasteiger partial charge < -0.3 is 15.0 Å². The molecule has 2 aromatic heterocycles. The lowest BCUT2D eigenvalue weighted by Gasteiger charge is -2.16. The van der Waals surface area contributed by atoms with E-state index in [2.05, 4.69) is 19.9 Å². The Morgan fingerprint density at radius 3 is 2.26 bits per heavy atom. The molecular formula is C19H18F2N4O2. The maximum absolute atomic E-state index is 13.8. The number of halogens is 2. The summed E-state index contributed by atoms with van der Waals surface area (Å²) in [5.74, 6) is -1.36. The number of nitrogens with zero attached hydrogens (tertiary/aromatic N) is 1. The summed E-state index contributed by atoms with van der Waals surface area (Å²) in [5, 5.41) is -0.172. The molecule has 2 heterocycles. The Hall–Kier alpha value is -3.29. The van der Waals surface area contributed by atoms with Crippen molar-refractivity contribution in [2.75, 3.05) is 0 Å². The fraction of sp³-hybridized carbons (Fsp3) is 0.211. The van der Waals surface area contributed by atoms with E-state index in [1.165, 1.54) is 12.4 Å².